The number of thiophene rings is 1. The maximum absolute atomic E-state index is 4.43. The van der Waals surface area contributed by atoms with Crippen LogP contribution >= 0.6 is 11.3 Å². The van der Waals surface area contributed by atoms with Crippen LogP contribution in [0.5, 0.6) is 0 Å². The van der Waals surface area contributed by atoms with Gasteiger partial charge in [-0.2, -0.15) is 5.10 Å². The standard InChI is InChI=1S/C24H29N5S/c1-11(2)19-20-14(5)22(17-7-16-6-15(17)8-25-16)30-24(20)28-21(19)18-9-29-23(26-10-27-29)13(4)12(18)3/h9-11,15-17,25,28H,6-8H2,1-5H3/t15-,16-,17-/m0/s1. The Morgan fingerprint density at radius 1 is 1.13 bits per heavy atom. The Hall–Kier alpha value is -2.18. The fourth-order valence-electron chi connectivity index (χ4n) is 6.00. The van der Waals surface area contributed by atoms with Crippen LogP contribution in [-0.4, -0.2) is 32.2 Å². The number of pyridine rings is 1. The van der Waals surface area contributed by atoms with Gasteiger partial charge in [0.2, 0.25) is 0 Å². The lowest BCUT2D eigenvalue weighted by Gasteiger charge is -2.22. The van der Waals surface area contributed by atoms with Crippen LogP contribution in [0.1, 0.15) is 65.7 Å². The zero-order chi connectivity index (χ0) is 20.7. The Morgan fingerprint density at radius 2 is 1.97 bits per heavy atom. The average molecular weight is 420 g/mol. The molecule has 6 heteroatoms. The molecule has 2 N–H and O–H groups in total. The summed E-state index contributed by atoms with van der Waals surface area (Å²) < 4.78 is 1.91. The molecule has 4 aromatic heterocycles. The number of fused-ring (bicyclic) bond motifs is 4. The Kier molecular flexibility index (Phi) is 3.97. The first-order chi connectivity index (χ1) is 14.4. The largest absolute Gasteiger partial charge is 0.346 e. The molecule has 0 aromatic carbocycles. The van der Waals surface area contributed by atoms with E-state index in [1.165, 1.54) is 63.1 Å². The van der Waals surface area contributed by atoms with Gasteiger partial charge >= 0.3 is 0 Å². The molecule has 5 heterocycles. The van der Waals surface area contributed by atoms with E-state index >= 15 is 0 Å². The van der Waals surface area contributed by atoms with E-state index in [0.717, 1.165) is 23.5 Å². The number of nitrogens with one attached hydrogen (secondary N) is 2. The van der Waals surface area contributed by atoms with Crippen molar-refractivity contribution in [2.75, 3.05) is 6.54 Å². The van der Waals surface area contributed by atoms with E-state index < -0.39 is 0 Å². The summed E-state index contributed by atoms with van der Waals surface area (Å²) in [6, 6.07) is 0.736. The summed E-state index contributed by atoms with van der Waals surface area (Å²) in [5, 5.41) is 9.55. The molecule has 1 aliphatic carbocycles. The summed E-state index contributed by atoms with van der Waals surface area (Å²) in [6.07, 6.45) is 6.45. The molecule has 1 saturated heterocycles. The molecule has 4 aromatic rings. The van der Waals surface area contributed by atoms with Crippen LogP contribution in [0.2, 0.25) is 0 Å². The van der Waals surface area contributed by atoms with Crippen LogP contribution in [-0.2, 0) is 0 Å². The van der Waals surface area contributed by atoms with Crippen molar-refractivity contribution < 1.29 is 0 Å². The molecular formula is C24H29N5S. The van der Waals surface area contributed by atoms with Gasteiger partial charge in [0.25, 0.3) is 0 Å². The number of piperidine rings is 1. The van der Waals surface area contributed by atoms with Crippen molar-refractivity contribution in [3.05, 3.63) is 39.7 Å². The molecular weight excluding hydrogens is 390 g/mol. The molecule has 1 saturated carbocycles. The van der Waals surface area contributed by atoms with Crippen LogP contribution in [0.3, 0.4) is 0 Å². The van der Waals surface area contributed by atoms with Crippen molar-refractivity contribution in [2.45, 2.75) is 65.3 Å². The molecule has 6 rings (SSSR count). The minimum Gasteiger partial charge on any atom is -0.346 e. The summed E-state index contributed by atoms with van der Waals surface area (Å²) in [5.41, 5.74) is 8.88. The Bertz CT molecular complexity index is 1290. The topological polar surface area (TPSA) is 58.0 Å². The van der Waals surface area contributed by atoms with Gasteiger partial charge in [-0.3, -0.25) is 0 Å². The van der Waals surface area contributed by atoms with Crippen molar-refractivity contribution >= 4 is 27.2 Å². The van der Waals surface area contributed by atoms with Crippen LogP contribution in [0.15, 0.2) is 12.5 Å². The predicted octanol–water partition coefficient (Wildman–Crippen LogP) is 5.45. The molecule has 3 atom stereocenters. The lowest BCUT2D eigenvalue weighted by Crippen LogP contribution is -2.28. The molecule has 2 bridgehead atoms. The van der Waals surface area contributed by atoms with Crippen molar-refractivity contribution in [2.24, 2.45) is 5.92 Å². The van der Waals surface area contributed by atoms with Crippen molar-refractivity contribution in [3.8, 4) is 11.3 Å². The van der Waals surface area contributed by atoms with Crippen molar-refractivity contribution in [1.29, 1.82) is 0 Å². The lowest BCUT2D eigenvalue weighted by molar-refractivity contribution is 0.445. The number of aromatic nitrogens is 4. The number of aromatic amines is 1. The lowest BCUT2D eigenvalue weighted by atomic mass is 9.89. The van der Waals surface area contributed by atoms with Gasteiger partial charge < -0.3 is 10.3 Å². The van der Waals surface area contributed by atoms with E-state index in [2.05, 4.69) is 61.2 Å². The quantitative estimate of drug-likeness (QED) is 0.464. The van der Waals surface area contributed by atoms with E-state index in [4.69, 9.17) is 0 Å². The van der Waals surface area contributed by atoms with Gasteiger partial charge in [0.1, 0.15) is 11.2 Å². The smallest absolute Gasteiger partial charge is 0.158 e. The minimum absolute atomic E-state index is 0.447. The molecule has 30 heavy (non-hydrogen) atoms. The highest BCUT2D eigenvalue weighted by Gasteiger charge is 2.42. The van der Waals surface area contributed by atoms with Gasteiger partial charge in [-0.1, -0.05) is 13.8 Å². The van der Waals surface area contributed by atoms with Gasteiger partial charge in [0.15, 0.2) is 5.65 Å². The fourth-order valence-corrected chi connectivity index (χ4v) is 7.44. The first-order valence-corrected chi connectivity index (χ1v) is 11.9. The highest BCUT2D eigenvalue weighted by Crippen LogP contribution is 2.50. The van der Waals surface area contributed by atoms with Gasteiger partial charge in [-0.05, 0) is 80.2 Å². The zero-order valence-corrected chi connectivity index (χ0v) is 19.2. The third kappa shape index (κ3) is 2.44. The molecule has 0 radical (unpaired) electrons. The fraction of sp³-hybridized carbons (Fsp3) is 0.500. The van der Waals surface area contributed by atoms with E-state index in [1.54, 1.807) is 11.2 Å². The molecule has 2 aliphatic rings. The van der Waals surface area contributed by atoms with Crippen LogP contribution < -0.4 is 5.32 Å². The number of hydrogen-bond donors (Lipinski definition) is 2. The SMILES string of the molecule is Cc1c(-c2[nH]c3sc([C@H]4C[C@@H]5C[C@H]4CN5)c(C)c3c2C(C)C)cn2ncnc2c1C. The molecule has 2 fully saturated rings. The monoisotopic (exact) mass is 419 g/mol. The number of aryl methyl sites for hydroxylation is 2. The molecule has 1 aliphatic heterocycles. The zero-order valence-electron chi connectivity index (χ0n) is 18.3. The Morgan fingerprint density at radius 3 is 2.67 bits per heavy atom. The highest BCUT2D eigenvalue weighted by molar-refractivity contribution is 7.19. The second-order valence-electron chi connectivity index (χ2n) is 9.63. The van der Waals surface area contributed by atoms with Crippen molar-refractivity contribution in [3.63, 3.8) is 0 Å². The Labute approximate surface area is 180 Å². The first kappa shape index (κ1) is 18.6. The van der Waals surface area contributed by atoms with E-state index in [0.29, 0.717) is 5.92 Å². The minimum atomic E-state index is 0.447. The van der Waals surface area contributed by atoms with E-state index in [9.17, 15) is 0 Å². The summed E-state index contributed by atoms with van der Waals surface area (Å²) in [4.78, 5) is 11.3. The molecule has 156 valence electrons. The average Bonchev–Trinajstić information content (AvgIpc) is 3.50. The Balaban J connectivity index is 1.56. The number of H-pyrrole nitrogens is 1. The third-order valence-electron chi connectivity index (χ3n) is 7.63. The van der Waals surface area contributed by atoms with Crippen LogP contribution in [0.4, 0.5) is 0 Å². The van der Waals surface area contributed by atoms with Crippen LogP contribution in [0, 0.1) is 26.7 Å². The van der Waals surface area contributed by atoms with Crippen LogP contribution in [0.25, 0.3) is 27.1 Å². The summed E-state index contributed by atoms with van der Waals surface area (Å²) in [6.45, 7) is 12.5. The normalized spacial score (nSPS) is 23.6. The van der Waals surface area contributed by atoms with Gasteiger partial charge in [0, 0.05) is 28.1 Å². The van der Waals surface area contributed by atoms with E-state index in [-0.39, 0.29) is 0 Å². The highest BCUT2D eigenvalue weighted by atomic mass is 32.1. The number of hydrogen-bond acceptors (Lipinski definition) is 4. The molecule has 0 amide bonds. The maximum atomic E-state index is 4.43. The van der Waals surface area contributed by atoms with E-state index in [1.807, 2.05) is 15.9 Å². The maximum Gasteiger partial charge on any atom is 0.158 e. The second-order valence-corrected chi connectivity index (χ2v) is 10.7. The van der Waals surface area contributed by atoms with Gasteiger partial charge in [-0.25, -0.2) is 9.50 Å². The number of nitrogens with zero attached hydrogens (tertiary/aromatic N) is 3. The predicted molar refractivity (Wildman–Crippen MR) is 124 cm³/mol. The number of rotatable bonds is 3. The van der Waals surface area contributed by atoms with Gasteiger partial charge in [0.05, 0.1) is 5.69 Å². The second kappa shape index (κ2) is 6.41. The first-order valence-electron chi connectivity index (χ1n) is 11.1. The third-order valence-corrected chi connectivity index (χ3v) is 8.97. The van der Waals surface area contributed by atoms with Gasteiger partial charge in [-0.15, -0.1) is 11.3 Å². The summed E-state index contributed by atoms with van der Waals surface area (Å²) in [5.74, 6) is 2.00. The summed E-state index contributed by atoms with van der Waals surface area (Å²) in [7, 11) is 0. The van der Waals surface area contributed by atoms with Crippen molar-refractivity contribution in [1.82, 2.24) is 24.9 Å². The molecule has 0 spiro atoms. The molecule has 5 nitrogen and oxygen atoms in total. The molecule has 0 unspecified atom stereocenters. The summed E-state index contributed by atoms with van der Waals surface area (Å²) >= 11 is 2.01.